The van der Waals surface area contributed by atoms with Crippen LogP contribution in [0.25, 0.3) is 0 Å². The zero-order valence-electron chi connectivity index (χ0n) is 10.0. The lowest BCUT2D eigenvalue weighted by atomic mass is 10.2. The SMILES string of the molecule is CCCCCCOc1ccc(C(N)=S)c(Cl)c1. The Labute approximate surface area is 113 Å². The molecule has 2 N–H and O–H groups in total. The Morgan fingerprint density at radius 3 is 2.71 bits per heavy atom. The van der Waals surface area contributed by atoms with Crippen molar-refractivity contribution >= 4 is 28.8 Å². The minimum absolute atomic E-state index is 0.310. The second-order valence-corrected chi connectivity index (χ2v) is 4.76. The van der Waals surface area contributed by atoms with Crippen LogP contribution in [0.5, 0.6) is 5.75 Å². The molecule has 2 nitrogen and oxygen atoms in total. The Morgan fingerprint density at radius 1 is 1.35 bits per heavy atom. The molecule has 0 fully saturated rings. The Balaban J connectivity index is 2.45. The number of hydrogen-bond donors (Lipinski definition) is 1. The fraction of sp³-hybridized carbons (Fsp3) is 0.462. The molecule has 0 spiro atoms. The first-order chi connectivity index (χ1) is 8.15. The van der Waals surface area contributed by atoms with E-state index in [1.807, 2.05) is 6.07 Å². The summed E-state index contributed by atoms with van der Waals surface area (Å²) in [6, 6.07) is 5.40. The van der Waals surface area contributed by atoms with Crippen molar-refractivity contribution in [2.24, 2.45) is 5.73 Å². The summed E-state index contributed by atoms with van der Waals surface area (Å²) in [6.07, 6.45) is 4.76. The van der Waals surface area contributed by atoms with Crippen molar-refractivity contribution in [1.82, 2.24) is 0 Å². The molecular formula is C13H18ClNOS. The Kier molecular flexibility index (Phi) is 6.30. The van der Waals surface area contributed by atoms with Gasteiger partial charge in [-0.25, -0.2) is 0 Å². The maximum Gasteiger partial charge on any atom is 0.120 e. The molecule has 1 aromatic carbocycles. The van der Waals surface area contributed by atoms with Crippen LogP contribution in [0.4, 0.5) is 0 Å². The minimum Gasteiger partial charge on any atom is -0.494 e. The van der Waals surface area contributed by atoms with Crippen LogP contribution in [0.3, 0.4) is 0 Å². The number of thiocarbonyl (C=S) groups is 1. The normalized spacial score (nSPS) is 10.2. The Bertz CT molecular complexity index is 382. The van der Waals surface area contributed by atoms with E-state index in [1.54, 1.807) is 12.1 Å². The van der Waals surface area contributed by atoms with Gasteiger partial charge >= 0.3 is 0 Å². The maximum absolute atomic E-state index is 6.04. The van der Waals surface area contributed by atoms with Gasteiger partial charge in [0.15, 0.2) is 0 Å². The largest absolute Gasteiger partial charge is 0.494 e. The zero-order chi connectivity index (χ0) is 12.7. The molecule has 0 bridgehead atoms. The molecule has 0 amide bonds. The van der Waals surface area contributed by atoms with E-state index in [9.17, 15) is 0 Å². The van der Waals surface area contributed by atoms with Gasteiger partial charge in [0, 0.05) is 5.56 Å². The number of rotatable bonds is 7. The molecule has 94 valence electrons. The molecular weight excluding hydrogens is 254 g/mol. The first-order valence-corrected chi connectivity index (χ1v) is 6.66. The summed E-state index contributed by atoms with van der Waals surface area (Å²) in [5.74, 6) is 0.770. The fourth-order valence-corrected chi connectivity index (χ4v) is 2.01. The van der Waals surface area contributed by atoms with Gasteiger partial charge in [0.1, 0.15) is 10.7 Å². The molecule has 0 saturated heterocycles. The van der Waals surface area contributed by atoms with Gasteiger partial charge in [-0.3, -0.25) is 0 Å². The lowest BCUT2D eigenvalue weighted by Crippen LogP contribution is -2.10. The van der Waals surface area contributed by atoms with E-state index in [0.29, 0.717) is 15.6 Å². The Morgan fingerprint density at radius 2 is 2.12 bits per heavy atom. The highest BCUT2D eigenvalue weighted by Gasteiger charge is 2.04. The van der Waals surface area contributed by atoms with Crippen molar-refractivity contribution in [3.8, 4) is 5.75 Å². The van der Waals surface area contributed by atoms with Crippen molar-refractivity contribution in [3.63, 3.8) is 0 Å². The molecule has 17 heavy (non-hydrogen) atoms. The summed E-state index contributed by atoms with van der Waals surface area (Å²) >= 11 is 10.9. The second kappa shape index (κ2) is 7.51. The average molecular weight is 272 g/mol. The van der Waals surface area contributed by atoms with Gasteiger partial charge in [0.05, 0.1) is 11.6 Å². The predicted molar refractivity (Wildman–Crippen MR) is 77.0 cm³/mol. The van der Waals surface area contributed by atoms with Gasteiger partial charge in [-0.15, -0.1) is 0 Å². The molecule has 0 atom stereocenters. The third-order valence-corrected chi connectivity index (χ3v) is 3.01. The lowest BCUT2D eigenvalue weighted by Gasteiger charge is -2.08. The van der Waals surface area contributed by atoms with Crippen molar-refractivity contribution in [2.75, 3.05) is 6.61 Å². The zero-order valence-corrected chi connectivity index (χ0v) is 11.6. The molecule has 1 aromatic rings. The van der Waals surface area contributed by atoms with Crippen LogP contribution in [0.1, 0.15) is 38.2 Å². The van der Waals surface area contributed by atoms with Gasteiger partial charge in [-0.05, 0) is 24.6 Å². The monoisotopic (exact) mass is 271 g/mol. The third-order valence-electron chi connectivity index (χ3n) is 2.47. The van der Waals surface area contributed by atoms with E-state index in [4.69, 9.17) is 34.3 Å². The number of nitrogens with two attached hydrogens (primary N) is 1. The number of benzene rings is 1. The van der Waals surface area contributed by atoms with Crippen LogP contribution in [-0.4, -0.2) is 11.6 Å². The molecule has 1 rings (SSSR count). The van der Waals surface area contributed by atoms with Crippen molar-refractivity contribution < 1.29 is 4.74 Å². The second-order valence-electron chi connectivity index (χ2n) is 3.92. The molecule has 0 aliphatic carbocycles. The average Bonchev–Trinajstić information content (AvgIpc) is 2.28. The van der Waals surface area contributed by atoms with Crippen LogP contribution < -0.4 is 10.5 Å². The minimum atomic E-state index is 0.310. The van der Waals surface area contributed by atoms with E-state index < -0.39 is 0 Å². The molecule has 0 radical (unpaired) electrons. The molecule has 0 aliphatic rings. The number of hydrogen-bond acceptors (Lipinski definition) is 2. The van der Waals surface area contributed by atoms with E-state index in [2.05, 4.69) is 6.92 Å². The van der Waals surface area contributed by atoms with Gasteiger partial charge in [0.25, 0.3) is 0 Å². The van der Waals surface area contributed by atoms with Gasteiger partial charge < -0.3 is 10.5 Å². The smallest absolute Gasteiger partial charge is 0.120 e. The Hall–Kier alpha value is -0.800. The van der Waals surface area contributed by atoms with E-state index in [-0.39, 0.29) is 0 Å². The highest BCUT2D eigenvalue weighted by molar-refractivity contribution is 7.80. The van der Waals surface area contributed by atoms with Gasteiger partial charge in [-0.2, -0.15) is 0 Å². The highest BCUT2D eigenvalue weighted by atomic mass is 35.5. The maximum atomic E-state index is 6.04. The molecule has 0 saturated carbocycles. The molecule has 0 heterocycles. The summed E-state index contributed by atoms with van der Waals surface area (Å²) in [5.41, 5.74) is 6.22. The summed E-state index contributed by atoms with van der Waals surface area (Å²) in [6.45, 7) is 2.91. The number of halogens is 1. The summed E-state index contributed by atoms with van der Waals surface area (Å²) < 4.78 is 5.60. The van der Waals surface area contributed by atoms with E-state index in [0.717, 1.165) is 18.8 Å². The quantitative estimate of drug-likeness (QED) is 0.603. The topological polar surface area (TPSA) is 35.2 Å². The molecule has 0 aromatic heterocycles. The highest BCUT2D eigenvalue weighted by Crippen LogP contribution is 2.22. The standard InChI is InChI=1S/C13H18ClNOS/c1-2-3-4-5-8-16-10-6-7-11(13(15)17)12(14)9-10/h6-7,9H,2-5,8H2,1H3,(H2,15,17). The lowest BCUT2D eigenvalue weighted by molar-refractivity contribution is 0.305. The third kappa shape index (κ3) is 4.92. The van der Waals surface area contributed by atoms with E-state index in [1.165, 1.54) is 19.3 Å². The first-order valence-electron chi connectivity index (χ1n) is 5.87. The number of unbranched alkanes of at least 4 members (excludes halogenated alkanes) is 3. The molecule has 4 heteroatoms. The van der Waals surface area contributed by atoms with Crippen molar-refractivity contribution in [2.45, 2.75) is 32.6 Å². The van der Waals surface area contributed by atoms with Gasteiger partial charge in [-0.1, -0.05) is 50.0 Å². The summed E-state index contributed by atoms with van der Waals surface area (Å²) in [7, 11) is 0. The van der Waals surface area contributed by atoms with E-state index >= 15 is 0 Å². The summed E-state index contributed by atoms with van der Waals surface area (Å²) in [5, 5.41) is 0.545. The predicted octanol–water partition coefficient (Wildman–Crippen LogP) is 3.93. The first kappa shape index (κ1) is 14.3. The van der Waals surface area contributed by atoms with Crippen molar-refractivity contribution in [3.05, 3.63) is 28.8 Å². The molecule has 0 aliphatic heterocycles. The number of ether oxygens (including phenoxy) is 1. The van der Waals surface area contributed by atoms with Crippen LogP contribution in [0.15, 0.2) is 18.2 Å². The van der Waals surface area contributed by atoms with Crippen LogP contribution in [-0.2, 0) is 0 Å². The van der Waals surface area contributed by atoms with Crippen LogP contribution >= 0.6 is 23.8 Å². The van der Waals surface area contributed by atoms with Crippen LogP contribution in [0.2, 0.25) is 5.02 Å². The van der Waals surface area contributed by atoms with Crippen LogP contribution in [0, 0.1) is 0 Å². The summed E-state index contributed by atoms with van der Waals surface area (Å²) in [4.78, 5) is 0.310. The fourth-order valence-electron chi connectivity index (χ4n) is 1.50. The van der Waals surface area contributed by atoms with Gasteiger partial charge in [0.2, 0.25) is 0 Å². The van der Waals surface area contributed by atoms with Crippen molar-refractivity contribution in [1.29, 1.82) is 0 Å². The molecule has 0 unspecified atom stereocenters.